The number of halogens is 4. The monoisotopic (exact) mass is 471 g/mol. The van der Waals surface area contributed by atoms with E-state index in [1.807, 2.05) is 0 Å². The number of fused-ring (bicyclic) bond motifs is 1. The van der Waals surface area contributed by atoms with Crippen LogP contribution >= 0.6 is 11.6 Å². The van der Waals surface area contributed by atoms with Gasteiger partial charge in [0.05, 0.1) is 35.8 Å². The number of aromatic nitrogens is 2. The summed E-state index contributed by atoms with van der Waals surface area (Å²) in [4.78, 5) is 31.2. The Labute approximate surface area is 188 Å². The topological polar surface area (TPSA) is 75.4 Å². The molecule has 4 rings (SSSR count). The van der Waals surface area contributed by atoms with Crippen molar-refractivity contribution in [3.05, 3.63) is 39.9 Å². The quantitative estimate of drug-likeness (QED) is 0.733. The number of amides is 1. The van der Waals surface area contributed by atoms with Crippen molar-refractivity contribution in [2.24, 2.45) is 5.41 Å². The first-order chi connectivity index (χ1) is 15.0. The van der Waals surface area contributed by atoms with Gasteiger partial charge in [-0.1, -0.05) is 24.4 Å². The molecule has 1 aromatic heterocycles. The fraction of sp³-hybridized carbons (Fsp3) is 0.591. The highest BCUT2D eigenvalue weighted by atomic mass is 35.5. The smallest absolute Gasteiger partial charge is 0.387 e. The van der Waals surface area contributed by atoms with E-state index in [4.69, 9.17) is 11.6 Å². The minimum Gasteiger partial charge on any atom is -0.387 e. The summed E-state index contributed by atoms with van der Waals surface area (Å²) in [5.41, 5.74) is -1.75. The molecule has 2 aromatic rings. The maximum Gasteiger partial charge on any atom is 0.389 e. The number of rotatable bonds is 4. The first kappa shape index (κ1) is 23.0. The van der Waals surface area contributed by atoms with Crippen LogP contribution in [-0.4, -0.2) is 50.3 Å². The van der Waals surface area contributed by atoms with Crippen molar-refractivity contribution in [2.45, 2.75) is 63.3 Å². The summed E-state index contributed by atoms with van der Waals surface area (Å²) in [6.07, 6.45) is -1.54. The highest BCUT2D eigenvalue weighted by molar-refractivity contribution is 6.31. The van der Waals surface area contributed by atoms with E-state index >= 15 is 0 Å². The SMILES string of the molecule is O=C(CCC(F)(F)F)N1CCC(O)(Cn2cnc3ccc(Cl)cc3c2=O)C2(CCCC2)C1. The van der Waals surface area contributed by atoms with E-state index in [9.17, 15) is 27.9 Å². The minimum absolute atomic E-state index is 0.00582. The van der Waals surface area contributed by atoms with Gasteiger partial charge in [0.15, 0.2) is 0 Å². The summed E-state index contributed by atoms with van der Waals surface area (Å²) in [7, 11) is 0. The average molecular weight is 472 g/mol. The Bertz CT molecular complexity index is 1080. The molecule has 1 N–H and O–H groups in total. The molecule has 2 heterocycles. The molecule has 1 unspecified atom stereocenters. The van der Waals surface area contributed by atoms with Crippen molar-refractivity contribution < 1.29 is 23.1 Å². The Balaban J connectivity index is 1.59. The number of alkyl halides is 3. The van der Waals surface area contributed by atoms with E-state index in [1.165, 1.54) is 15.8 Å². The maximum atomic E-state index is 13.0. The van der Waals surface area contributed by atoms with E-state index in [0.717, 1.165) is 12.8 Å². The van der Waals surface area contributed by atoms with Gasteiger partial charge in [-0.3, -0.25) is 14.2 Å². The van der Waals surface area contributed by atoms with Gasteiger partial charge in [-0.25, -0.2) is 4.98 Å². The van der Waals surface area contributed by atoms with Crippen molar-refractivity contribution in [3.63, 3.8) is 0 Å². The van der Waals surface area contributed by atoms with Crippen molar-refractivity contribution in [2.75, 3.05) is 13.1 Å². The zero-order valence-electron chi connectivity index (χ0n) is 17.5. The van der Waals surface area contributed by atoms with Gasteiger partial charge in [0.1, 0.15) is 0 Å². The predicted octanol–water partition coefficient (Wildman–Crippen LogP) is 3.92. The first-order valence-electron chi connectivity index (χ1n) is 10.7. The molecule has 1 aliphatic heterocycles. The summed E-state index contributed by atoms with van der Waals surface area (Å²) in [6, 6.07) is 4.84. The molecule has 6 nitrogen and oxygen atoms in total. The Morgan fingerprint density at radius 2 is 1.94 bits per heavy atom. The van der Waals surface area contributed by atoms with Crippen molar-refractivity contribution in [1.29, 1.82) is 0 Å². The molecule has 1 aromatic carbocycles. The van der Waals surface area contributed by atoms with Crippen LogP contribution < -0.4 is 5.56 Å². The van der Waals surface area contributed by atoms with E-state index in [-0.39, 0.29) is 31.6 Å². The number of aliphatic hydroxyl groups is 1. The molecule has 1 saturated carbocycles. The normalized spacial score (nSPS) is 23.2. The van der Waals surface area contributed by atoms with Crippen LogP contribution in [0.5, 0.6) is 0 Å². The van der Waals surface area contributed by atoms with Gasteiger partial charge >= 0.3 is 6.18 Å². The largest absolute Gasteiger partial charge is 0.389 e. The Kier molecular flexibility index (Phi) is 6.00. The molecule has 1 spiro atoms. The highest BCUT2D eigenvalue weighted by Crippen LogP contribution is 2.51. The Morgan fingerprint density at radius 1 is 1.22 bits per heavy atom. The van der Waals surface area contributed by atoms with Gasteiger partial charge in [-0.15, -0.1) is 0 Å². The summed E-state index contributed by atoms with van der Waals surface area (Å²) >= 11 is 6.03. The lowest BCUT2D eigenvalue weighted by molar-refractivity contribution is -0.166. The van der Waals surface area contributed by atoms with Crippen molar-refractivity contribution >= 4 is 28.4 Å². The zero-order chi connectivity index (χ0) is 23.1. The van der Waals surface area contributed by atoms with Crippen LogP contribution in [0.2, 0.25) is 5.02 Å². The average Bonchev–Trinajstić information content (AvgIpc) is 3.20. The van der Waals surface area contributed by atoms with Gasteiger partial charge in [0, 0.05) is 29.9 Å². The molecule has 1 amide bonds. The number of carbonyl (C=O) groups is 1. The zero-order valence-corrected chi connectivity index (χ0v) is 18.3. The molecule has 0 radical (unpaired) electrons. The summed E-state index contributed by atoms with van der Waals surface area (Å²) in [5.74, 6) is -0.546. The van der Waals surface area contributed by atoms with Crippen LogP contribution in [-0.2, 0) is 11.3 Å². The lowest BCUT2D eigenvalue weighted by atomic mass is 9.65. The third-order valence-electron chi connectivity index (χ3n) is 7.03. The molecule has 174 valence electrons. The first-order valence-corrected chi connectivity index (χ1v) is 11.1. The third kappa shape index (κ3) is 4.37. The number of carbonyl (C=O) groups excluding carboxylic acids is 1. The summed E-state index contributed by atoms with van der Waals surface area (Å²) in [6.45, 7) is 0.351. The van der Waals surface area contributed by atoms with Crippen LogP contribution in [0, 0.1) is 5.41 Å². The lowest BCUT2D eigenvalue weighted by Crippen LogP contribution is -2.62. The lowest BCUT2D eigenvalue weighted by Gasteiger charge is -2.52. The number of benzene rings is 1. The second-order valence-electron chi connectivity index (χ2n) is 9.04. The number of likely N-dealkylation sites (tertiary alicyclic amines) is 1. The number of hydrogen-bond donors (Lipinski definition) is 1. The van der Waals surface area contributed by atoms with E-state index < -0.39 is 35.9 Å². The second-order valence-corrected chi connectivity index (χ2v) is 9.48. The molecule has 32 heavy (non-hydrogen) atoms. The van der Waals surface area contributed by atoms with Crippen LogP contribution in [0.3, 0.4) is 0 Å². The number of nitrogens with zero attached hydrogens (tertiary/aromatic N) is 3. The van der Waals surface area contributed by atoms with Gasteiger partial charge in [-0.05, 0) is 37.5 Å². The summed E-state index contributed by atoms with van der Waals surface area (Å²) < 4.78 is 39.1. The molecule has 2 aliphatic rings. The van der Waals surface area contributed by atoms with Gasteiger partial charge in [0.2, 0.25) is 5.91 Å². The van der Waals surface area contributed by atoms with Crippen molar-refractivity contribution in [3.8, 4) is 0 Å². The summed E-state index contributed by atoms with van der Waals surface area (Å²) in [5, 5.41) is 12.5. The van der Waals surface area contributed by atoms with Crippen molar-refractivity contribution in [1.82, 2.24) is 14.5 Å². The van der Waals surface area contributed by atoms with E-state index in [0.29, 0.717) is 28.8 Å². The molecule has 1 atom stereocenters. The molecule has 1 saturated heterocycles. The number of hydrogen-bond acceptors (Lipinski definition) is 4. The van der Waals surface area contributed by atoms with E-state index in [2.05, 4.69) is 4.98 Å². The molecule has 10 heteroatoms. The second kappa shape index (κ2) is 8.33. The standard InChI is InChI=1S/C22H25ClF3N3O3/c23-15-3-4-17-16(11-15)19(31)29(14-27-17)13-21(32)9-10-28(12-20(21)6-1-2-7-20)18(30)5-8-22(24,25)26/h3-4,11,14,32H,1-2,5-10,12-13H2. The van der Waals surface area contributed by atoms with Gasteiger partial charge in [0.25, 0.3) is 5.56 Å². The molecule has 2 fully saturated rings. The van der Waals surface area contributed by atoms with E-state index in [1.54, 1.807) is 18.2 Å². The fourth-order valence-corrected chi connectivity index (χ4v) is 5.42. The number of piperidine rings is 1. The highest BCUT2D eigenvalue weighted by Gasteiger charge is 2.55. The van der Waals surface area contributed by atoms with Gasteiger partial charge < -0.3 is 10.0 Å². The molecule has 1 aliphatic carbocycles. The molecular formula is C22H25ClF3N3O3. The maximum absolute atomic E-state index is 13.0. The Hall–Kier alpha value is -2.13. The van der Waals surface area contributed by atoms with Crippen LogP contribution in [0.4, 0.5) is 13.2 Å². The molecule has 0 bridgehead atoms. The fourth-order valence-electron chi connectivity index (χ4n) is 5.24. The van der Waals surface area contributed by atoms with Crippen LogP contribution in [0.1, 0.15) is 44.9 Å². The van der Waals surface area contributed by atoms with Crippen LogP contribution in [0.25, 0.3) is 10.9 Å². The molecular weight excluding hydrogens is 447 g/mol. The third-order valence-corrected chi connectivity index (χ3v) is 7.26. The predicted molar refractivity (Wildman–Crippen MR) is 113 cm³/mol. The minimum atomic E-state index is -4.38. The Morgan fingerprint density at radius 3 is 2.62 bits per heavy atom. The van der Waals surface area contributed by atoms with Gasteiger partial charge in [-0.2, -0.15) is 13.2 Å². The van der Waals surface area contributed by atoms with Crippen LogP contribution in [0.15, 0.2) is 29.3 Å².